The van der Waals surface area contributed by atoms with Gasteiger partial charge in [-0.3, -0.25) is 9.59 Å². The fraction of sp³-hybridized carbons (Fsp3) is 0.867. The number of hydrogen-bond donors (Lipinski definition) is 0. The molecule has 7 nitrogen and oxygen atoms in total. The summed E-state index contributed by atoms with van der Waals surface area (Å²) in [5, 5.41) is 0. The Hall–Kier alpha value is -1.15. The Bertz CT molecular complexity index is 519. The molecule has 0 N–H and O–H groups in total. The second-order valence-electron chi connectivity index (χ2n) is 6.30. The Morgan fingerprint density at radius 1 is 1.13 bits per heavy atom. The van der Waals surface area contributed by atoms with E-state index in [0.717, 1.165) is 6.54 Å². The van der Waals surface area contributed by atoms with Crippen LogP contribution >= 0.6 is 0 Å². The van der Waals surface area contributed by atoms with Crippen molar-refractivity contribution in [3.63, 3.8) is 0 Å². The fourth-order valence-corrected chi connectivity index (χ4v) is 4.51. The van der Waals surface area contributed by atoms with E-state index in [-0.39, 0.29) is 35.8 Å². The predicted molar refractivity (Wildman–Crippen MR) is 89.9 cm³/mol. The van der Waals surface area contributed by atoms with Gasteiger partial charge in [0.25, 0.3) is 0 Å². The molecule has 1 fully saturated rings. The van der Waals surface area contributed by atoms with Gasteiger partial charge in [-0.1, -0.05) is 0 Å². The van der Waals surface area contributed by atoms with Crippen LogP contribution < -0.4 is 0 Å². The maximum atomic E-state index is 12.4. The Labute approximate surface area is 139 Å². The lowest BCUT2D eigenvalue weighted by molar-refractivity contribution is -0.134. The Morgan fingerprint density at radius 2 is 1.78 bits per heavy atom. The van der Waals surface area contributed by atoms with Crippen LogP contribution in [0.3, 0.4) is 0 Å². The van der Waals surface area contributed by atoms with Gasteiger partial charge >= 0.3 is 0 Å². The number of carbonyl (C=O) groups is 2. The third-order valence-corrected chi connectivity index (χ3v) is 5.92. The van der Waals surface area contributed by atoms with Crippen LogP contribution in [-0.4, -0.2) is 92.8 Å². The van der Waals surface area contributed by atoms with Gasteiger partial charge < -0.3 is 14.7 Å². The molecular formula is C15H29N3O4S. The van der Waals surface area contributed by atoms with Gasteiger partial charge in [0.1, 0.15) is 0 Å². The second-order valence-corrected chi connectivity index (χ2v) is 8.52. The van der Waals surface area contributed by atoms with Gasteiger partial charge in [0.2, 0.25) is 11.8 Å². The van der Waals surface area contributed by atoms with Crippen molar-refractivity contribution in [3.05, 3.63) is 0 Å². The van der Waals surface area contributed by atoms with E-state index in [1.54, 1.807) is 9.80 Å². The van der Waals surface area contributed by atoms with Crippen molar-refractivity contribution in [2.75, 3.05) is 51.8 Å². The maximum Gasteiger partial charge on any atom is 0.224 e. The molecule has 1 rings (SSSR count). The van der Waals surface area contributed by atoms with E-state index >= 15 is 0 Å². The first-order valence-electron chi connectivity index (χ1n) is 8.06. The first-order valence-corrected chi connectivity index (χ1v) is 9.88. The number of nitrogens with zero attached hydrogens (tertiary/aromatic N) is 3. The van der Waals surface area contributed by atoms with E-state index in [2.05, 4.69) is 0 Å². The molecule has 8 heteroatoms. The normalized spacial score (nSPS) is 19.8. The first-order chi connectivity index (χ1) is 10.7. The zero-order chi connectivity index (χ0) is 17.6. The molecule has 1 atom stereocenters. The van der Waals surface area contributed by atoms with Crippen molar-refractivity contribution >= 4 is 21.7 Å². The van der Waals surface area contributed by atoms with Crippen LogP contribution in [0.4, 0.5) is 0 Å². The molecule has 1 heterocycles. The molecule has 0 aliphatic carbocycles. The van der Waals surface area contributed by atoms with E-state index < -0.39 is 9.84 Å². The van der Waals surface area contributed by atoms with Gasteiger partial charge in [0, 0.05) is 45.6 Å². The van der Waals surface area contributed by atoms with E-state index in [9.17, 15) is 18.0 Å². The molecule has 0 radical (unpaired) electrons. The summed E-state index contributed by atoms with van der Waals surface area (Å²) >= 11 is 0. The van der Waals surface area contributed by atoms with Crippen molar-refractivity contribution in [2.24, 2.45) is 0 Å². The zero-order valence-electron chi connectivity index (χ0n) is 14.6. The summed E-state index contributed by atoms with van der Waals surface area (Å²) in [6.45, 7) is 5.55. The third kappa shape index (κ3) is 6.47. The average molecular weight is 347 g/mol. The van der Waals surface area contributed by atoms with E-state index in [1.807, 2.05) is 25.9 Å². The highest BCUT2D eigenvalue weighted by atomic mass is 32.2. The molecular weight excluding hydrogens is 318 g/mol. The lowest BCUT2D eigenvalue weighted by atomic mass is 10.2. The lowest BCUT2D eigenvalue weighted by Gasteiger charge is -2.29. The van der Waals surface area contributed by atoms with E-state index in [1.165, 1.54) is 6.92 Å². The Morgan fingerprint density at radius 3 is 2.22 bits per heavy atom. The smallest absolute Gasteiger partial charge is 0.224 e. The lowest BCUT2D eigenvalue weighted by Crippen LogP contribution is -2.43. The molecule has 1 aliphatic rings. The summed E-state index contributed by atoms with van der Waals surface area (Å²) in [4.78, 5) is 29.4. The molecule has 0 aromatic heterocycles. The maximum absolute atomic E-state index is 12.4. The molecule has 23 heavy (non-hydrogen) atoms. The molecule has 2 amide bonds. The molecule has 1 aliphatic heterocycles. The van der Waals surface area contributed by atoms with Crippen LogP contribution in [0.2, 0.25) is 0 Å². The number of sulfone groups is 1. The minimum atomic E-state index is -3.01. The Balaban J connectivity index is 2.56. The summed E-state index contributed by atoms with van der Waals surface area (Å²) in [7, 11) is 0.856. The van der Waals surface area contributed by atoms with Crippen LogP contribution in [0, 0.1) is 0 Å². The summed E-state index contributed by atoms with van der Waals surface area (Å²) in [5.41, 5.74) is 0. The molecule has 0 aromatic rings. The van der Waals surface area contributed by atoms with Gasteiger partial charge in [-0.15, -0.1) is 0 Å². The van der Waals surface area contributed by atoms with E-state index in [0.29, 0.717) is 26.1 Å². The largest absolute Gasteiger partial charge is 0.341 e. The van der Waals surface area contributed by atoms with Crippen LogP contribution in [0.5, 0.6) is 0 Å². The standard InChI is InChI=1S/C15H29N3O4S/c1-5-18(14-7-11-23(21,22)12-14)15(20)6-8-17(13(2)19)10-9-16(3)4/h14H,5-12H2,1-4H3. The molecule has 0 aromatic carbocycles. The summed E-state index contributed by atoms with van der Waals surface area (Å²) < 4.78 is 23.2. The quantitative estimate of drug-likeness (QED) is 0.609. The van der Waals surface area contributed by atoms with Crippen molar-refractivity contribution < 1.29 is 18.0 Å². The minimum absolute atomic E-state index is 0.0499. The number of hydrogen-bond acceptors (Lipinski definition) is 5. The van der Waals surface area contributed by atoms with Gasteiger partial charge in [-0.05, 0) is 27.4 Å². The highest BCUT2D eigenvalue weighted by Crippen LogP contribution is 2.18. The van der Waals surface area contributed by atoms with Crippen molar-refractivity contribution in [2.45, 2.75) is 32.7 Å². The van der Waals surface area contributed by atoms with Crippen molar-refractivity contribution in [3.8, 4) is 0 Å². The third-order valence-electron chi connectivity index (χ3n) is 4.17. The SMILES string of the molecule is CCN(C(=O)CCN(CCN(C)C)C(C)=O)C1CCS(=O)(=O)C1. The summed E-state index contributed by atoms with van der Waals surface area (Å²) in [6, 6.07) is -0.218. The molecule has 0 spiro atoms. The highest BCUT2D eigenvalue weighted by molar-refractivity contribution is 7.91. The molecule has 134 valence electrons. The summed E-state index contributed by atoms with van der Waals surface area (Å²) in [6.07, 6.45) is 0.746. The molecule has 0 bridgehead atoms. The van der Waals surface area contributed by atoms with Crippen LogP contribution in [-0.2, 0) is 19.4 Å². The number of rotatable bonds is 8. The molecule has 1 unspecified atom stereocenters. The highest BCUT2D eigenvalue weighted by Gasteiger charge is 2.33. The van der Waals surface area contributed by atoms with Crippen LogP contribution in [0.25, 0.3) is 0 Å². The van der Waals surface area contributed by atoms with Crippen LogP contribution in [0.1, 0.15) is 26.7 Å². The molecule has 0 saturated carbocycles. The van der Waals surface area contributed by atoms with Gasteiger partial charge in [0.15, 0.2) is 9.84 Å². The summed E-state index contributed by atoms with van der Waals surface area (Å²) in [5.74, 6) is 0.0878. The minimum Gasteiger partial charge on any atom is -0.341 e. The number of amides is 2. The fourth-order valence-electron chi connectivity index (χ4n) is 2.78. The van der Waals surface area contributed by atoms with Crippen LogP contribution in [0.15, 0.2) is 0 Å². The van der Waals surface area contributed by atoms with Gasteiger partial charge in [-0.2, -0.15) is 0 Å². The van der Waals surface area contributed by atoms with Gasteiger partial charge in [-0.25, -0.2) is 8.42 Å². The Kier molecular flexibility index (Phi) is 7.47. The van der Waals surface area contributed by atoms with Gasteiger partial charge in [0.05, 0.1) is 11.5 Å². The number of likely N-dealkylation sites (N-methyl/N-ethyl adjacent to an activating group) is 1. The van der Waals surface area contributed by atoms with Crippen molar-refractivity contribution in [1.29, 1.82) is 0 Å². The second kappa shape index (κ2) is 8.63. The first kappa shape index (κ1) is 19.9. The van der Waals surface area contributed by atoms with Crippen molar-refractivity contribution in [1.82, 2.24) is 14.7 Å². The number of carbonyl (C=O) groups excluding carboxylic acids is 2. The molecule has 1 saturated heterocycles. The topological polar surface area (TPSA) is 78.0 Å². The van der Waals surface area contributed by atoms with E-state index in [4.69, 9.17) is 0 Å². The zero-order valence-corrected chi connectivity index (χ0v) is 15.4. The monoisotopic (exact) mass is 347 g/mol. The average Bonchev–Trinajstić information content (AvgIpc) is 2.78. The predicted octanol–water partition coefficient (Wildman–Crippen LogP) is -0.178.